The molecule has 1 unspecified atom stereocenters. The highest BCUT2D eigenvalue weighted by atomic mass is 32.1. The van der Waals surface area contributed by atoms with Gasteiger partial charge in [0.05, 0.1) is 5.69 Å². The summed E-state index contributed by atoms with van der Waals surface area (Å²) in [4.78, 5) is 28.2. The van der Waals surface area contributed by atoms with Crippen LogP contribution in [0.25, 0.3) is 0 Å². The van der Waals surface area contributed by atoms with Gasteiger partial charge in [-0.05, 0) is 26.7 Å². The Morgan fingerprint density at radius 2 is 2.05 bits per heavy atom. The first-order valence-electron chi connectivity index (χ1n) is 6.11. The second kappa shape index (κ2) is 6.01. The van der Waals surface area contributed by atoms with Crippen LogP contribution in [-0.2, 0) is 11.2 Å². The summed E-state index contributed by atoms with van der Waals surface area (Å²) in [6.45, 7) is 7.11. The van der Waals surface area contributed by atoms with Gasteiger partial charge in [-0.15, -0.1) is 11.3 Å². The quantitative estimate of drug-likeness (QED) is 0.774. The van der Waals surface area contributed by atoms with E-state index in [4.69, 9.17) is 5.11 Å². The number of carboxylic acids is 1. The molecule has 7 heteroatoms. The Morgan fingerprint density at radius 1 is 1.42 bits per heavy atom. The lowest BCUT2D eigenvalue weighted by Crippen LogP contribution is -2.53. The minimum absolute atomic E-state index is 0.298. The Morgan fingerprint density at radius 3 is 2.47 bits per heavy atom. The molecule has 0 radical (unpaired) electrons. The van der Waals surface area contributed by atoms with E-state index in [0.29, 0.717) is 11.6 Å². The lowest BCUT2D eigenvalue weighted by atomic mass is 10.00. The summed E-state index contributed by atoms with van der Waals surface area (Å²) in [5.74, 6) is -1.06. The summed E-state index contributed by atoms with van der Waals surface area (Å²) >= 11 is 1.38. The normalized spacial score (nSPS) is 13.7. The van der Waals surface area contributed by atoms with E-state index in [9.17, 15) is 9.59 Å². The number of carbonyl (C=O) groups excluding carboxylic acids is 1. The summed E-state index contributed by atoms with van der Waals surface area (Å²) in [5, 5.41) is 14.6. The fraction of sp³-hybridized carbons (Fsp3) is 0.583. The molecule has 3 N–H and O–H groups in total. The van der Waals surface area contributed by atoms with Crippen molar-refractivity contribution in [1.82, 2.24) is 10.3 Å². The number of hydrogen-bond donors (Lipinski definition) is 3. The number of aryl methyl sites for hydroxylation is 2. The third kappa shape index (κ3) is 3.66. The molecule has 0 fully saturated rings. The van der Waals surface area contributed by atoms with E-state index in [2.05, 4.69) is 15.6 Å². The van der Waals surface area contributed by atoms with Crippen molar-refractivity contribution in [1.29, 1.82) is 0 Å². The molecule has 1 rings (SSSR count). The van der Waals surface area contributed by atoms with Crippen LogP contribution in [0.3, 0.4) is 0 Å². The van der Waals surface area contributed by atoms with Gasteiger partial charge in [-0.3, -0.25) is 5.32 Å². The molecule has 2 amide bonds. The predicted molar refractivity (Wildman–Crippen MR) is 74.7 cm³/mol. The smallest absolute Gasteiger partial charge is 0.329 e. The molecular formula is C12H19N3O3S. The average molecular weight is 285 g/mol. The van der Waals surface area contributed by atoms with Crippen LogP contribution in [0, 0.1) is 6.92 Å². The van der Waals surface area contributed by atoms with Crippen molar-refractivity contribution in [2.75, 3.05) is 5.32 Å². The van der Waals surface area contributed by atoms with Crippen LogP contribution in [0.5, 0.6) is 0 Å². The molecule has 1 aromatic rings. The molecule has 0 aliphatic rings. The molecule has 1 atom stereocenters. The molecule has 1 aromatic heterocycles. The summed E-state index contributed by atoms with van der Waals surface area (Å²) in [6, 6.07) is -0.553. The van der Waals surface area contributed by atoms with Gasteiger partial charge < -0.3 is 10.4 Å². The molecule has 0 saturated carbocycles. The number of rotatable bonds is 5. The minimum Gasteiger partial charge on any atom is -0.480 e. The van der Waals surface area contributed by atoms with Gasteiger partial charge in [-0.1, -0.05) is 13.8 Å². The van der Waals surface area contributed by atoms with Crippen molar-refractivity contribution in [3.8, 4) is 0 Å². The van der Waals surface area contributed by atoms with Gasteiger partial charge in [0.15, 0.2) is 5.13 Å². The van der Waals surface area contributed by atoms with Crippen molar-refractivity contribution in [3.05, 3.63) is 10.6 Å². The van der Waals surface area contributed by atoms with E-state index in [1.807, 2.05) is 13.8 Å². The average Bonchev–Trinajstić information content (AvgIpc) is 2.68. The Kier molecular flexibility index (Phi) is 4.88. The van der Waals surface area contributed by atoms with E-state index < -0.39 is 17.5 Å². The number of hydrogen-bond acceptors (Lipinski definition) is 4. The minimum atomic E-state index is -1.27. The van der Waals surface area contributed by atoms with E-state index in [1.54, 1.807) is 6.92 Å². The fourth-order valence-electron chi connectivity index (χ4n) is 1.48. The number of aliphatic carboxylic acids is 1. The van der Waals surface area contributed by atoms with Gasteiger partial charge in [0.25, 0.3) is 0 Å². The van der Waals surface area contributed by atoms with Gasteiger partial charge in [0, 0.05) is 4.88 Å². The lowest BCUT2D eigenvalue weighted by molar-refractivity contribution is -0.143. The standard InChI is InChI=1S/C12H19N3O3S/c1-5-8-7(3)19-11(13-8)14-10(18)15-12(4,6-2)9(16)17/h5-6H2,1-4H3,(H,16,17)(H2,13,14,15,18). The maximum absolute atomic E-state index is 11.8. The zero-order chi connectivity index (χ0) is 14.6. The Balaban J connectivity index is 2.72. The molecule has 0 aromatic carbocycles. The first-order valence-corrected chi connectivity index (χ1v) is 6.93. The van der Waals surface area contributed by atoms with Crippen LogP contribution < -0.4 is 10.6 Å². The second-order valence-corrected chi connectivity index (χ2v) is 5.65. The maximum atomic E-state index is 11.8. The molecule has 106 valence electrons. The van der Waals surface area contributed by atoms with E-state index in [0.717, 1.165) is 17.0 Å². The lowest BCUT2D eigenvalue weighted by Gasteiger charge is -2.24. The number of nitrogens with zero attached hydrogens (tertiary/aromatic N) is 1. The van der Waals surface area contributed by atoms with Crippen molar-refractivity contribution in [3.63, 3.8) is 0 Å². The third-order valence-electron chi connectivity index (χ3n) is 3.02. The number of thiazole rings is 1. The van der Waals surface area contributed by atoms with Crippen LogP contribution in [-0.4, -0.2) is 27.6 Å². The topological polar surface area (TPSA) is 91.3 Å². The number of amides is 2. The van der Waals surface area contributed by atoms with Gasteiger partial charge in [-0.2, -0.15) is 0 Å². The number of anilines is 1. The fourth-order valence-corrected chi connectivity index (χ4v) is 2.38. The van der Waals surface area contributed by atoms with Crippen LogP contribution in [0.15, 0.2) is 0 Å². The van der Waals surface area contributed by atoms with Crippen LogP contribution in [0.2, 0.25) is 0 Å². The van der Waals surface area contributed by atoms with Crippen molar-refractivity contribution < 1.29 is 14.7 Å². The number of aromatic nitrogens is 1. The SMILES string of the molecule is CCc1nc(NC(=O)NC(C)(CC)C(=O)O)sc1C. The zero-order valence-electron chi connectivity index (χ0n) is 11.5. The summed E-state index contributed by atoms with van der Waals surface area (Å²) in [5.41, 5.74) is -0.332. The summed E-state index contributed by atoms with van der Waals surface area (Å²) in [6.07, 6.45) is 1.10. The van der Waals surface area contributed by atoms with Crippen LogP contribution in [0.4, 0.5) is 9.93 Å². The van der Waals surface area contributed by atoms with Crippen molar-refractivity contribution in [2.24, 2.45) is 0 Å². The molecule has 19 heavy (non-hydrogen) atoms. The monoisotopic (exact) mass is 285 g/mol. The van der Waals surface area contributed by atoms with Gasteiger partial charge in [0.2, 0.25) is 0 Å². The number of nitrogens with one attached hydrogen (secondary N) is 2. The summed E-state index contributed by atoms with van der Waals surface area (Å²) in [7, 11) is 0. The van der Waals surface area contributed by atoms with Gasteiger partial charge in [0.1, 0.15) is 5.54 Å². The number of urea groups is 1. The molecule has 1 heterocycles. The van der Waals surface area contributed by atoms with E-state index in [-0.39, 0.29) is 0 Å². The predicted octanol–water partition coefficient (Wildman–Crippen LogP) is 2.39. The number of carbonyl (C=O) groups is 2. The third-order valence-corrected chi connectivity index (χ3v) is 3.95. The van der Waals surface area contributed by atoms with E-state index in [1.165, 1.54) is 18.3 Å². The molecule has 0 bridgehead atoms. The highest BCUT2D eigenvalue weighted by Crippen LogP contribution is 2.22. The van der Waals surface area contributed by atoms with Crippen LogP contribution >= 0.6 is 11.3 Å². The Bertz CT molecular complexity index is 487. The second-order valence-electron chi connectivity index (χ2n) is 4.45. The summed E-state index contributed by atoms with van der Waals surface area (Å²) < 4.78 is 0. The molecule has 6 nitrogen and oxygen atoms in total. The number of carboxylic acid groups (broad SMARTS) is 1. The highest BCUT2D eigenvalue weighted by Gasteiger charge is 2.32. The molecule has 0 aliphatic carbocycles. The molecule has 0 spiro atoms. The maximum Gasteiger partial charge on any atom is 0.329 e. The van der Waals surface area contributed by atoms with Crippen molar-refractivity contribution >= 4 is 28.5 Å². The Hall–Kier alpha value is -1.63. The highest BCUT2D eigenvalue weighted by molar-refractivity contribution is 7.15. The van der Waals surface area contributed by atoms with Gasteiger partial charge >= 0.3 is 12.0 Å². The first-order chi connectivity index (χ1) is 8.82. The van der Waals surface area contributed by atoms with Gasteiger partial charge in [-0.25, -0.2) is 14.6 Å². The Labute approximate surface area is 116 Å². The van der Waals surface area contributed by atoms with Crippen LogP contribution in [0.1, 0.15) is 37.8 Å². The first kappa shape index (κ1) is 15.4. The largest absolute Gasteiger partial charge is 0.480 e. The van der Waals surface area contributed by atoms with Crippen molar-refractivity contribution in [2.45, 2.75) is 46.1 Å². The molecular weight excluding hydrogens is 266 g/mol. The zero-order valence-corrected chi connectivity index (χ0v) is 12.3. The molecule has 0 aliphatic heterocycles. The van der Waals surface area contributed by atoms with E-state index >= 15 is 0 Å². The molecule has 0 saturated heterocycles.